The molecule has 1 aliphatic heterocycles. The summed E-state index contributed by atoms with van der Waals surface area (Å²) >= 11 is 1.50. The van der Waals surface area contributed by atoms with Crippen molar-refractivity contribution in [1.29, 1.82) is 0 Å². The van der Waals surface area contributed by atoms with E-state index in [9.17, 15) is 5.11 Å². The van der Waals surface area contributed by atoms with Crippen molar-refractivity contribution in [1.82, 2.24) is 0 Å². The summed E-state index contributed by atoms with van der Waals surface area (Å²) in [6, 6.07) is 27.7. The number of ether oxygens (including phenoxy) is 4. The molecule has 1 heterocycles. The molecule has 4 rings (SSSR count). The second-order valence-electron chi connectivity index (χ2n) is 8.02. The van der Waals surface area contributed by atoms with E-state index < -0.39 is 23.7 Å². The van der Waals surface area contributed by atoms with Crippen LogP contribution in [0.25, 0.3) is 0 Å². The average Bonchev–Trinajstić information content (AvgIpc) is 2.86. The van der Waals surface area contributed by atoms with Gasteiger partial charge in [-0.1, -0.05) is 72.4 Å². The Morgan fingerprint density at radius 1 is 0.788 bits per heavy atom. The van der Waals surface area contributed by atoms with E-state index in [0.717, 1.165) is 21.8 Å². The summed E-state index contributed by atoms with van der Waals surface area (Å²) < 4.78 is 24.0. The molecule has 0 spiro atoms. The van der Waals surface area contributed by atoms with Crippen LogP contribution in [0.1, 0.15) is 18.1 Å². The van der Waals surface area contributed by atoms with Gasteiger partial charge in [-0.3, -0.25) is 0 Å². The molecule has 6 heteroatoms. The first-order valence-corrected chi connectivity index (χ1v) is 12.0. The zero-order valence-corrected chi connectivity index (χ0v) is 19.7. The number of aliphatic hydroxyl groups is 1. The van der Waals surface area contributed by atoms with E-state index in [2.05, 4.69) is 0 Å². The highest BCUT2D eigenvalue weighted by molar-refractivity contribution is 7.99. The number of rotatable bonds is 9. The summed E-state index contributed by atoms with van der Waals surface area (Å²) in [6.07, 6.45) is -2.06. The first-order valence-electron chi connectivity index (χ1n) is 11.1. The van der Waals surface area contributed by atoms with Gasteiger partial charge in [0.2, 0.25) is 0 Å². The topological polar surface area (TPSA) is 57.2 Å². The van der Waals surface area contributed by atoms with Crippen LogP contribution in [0.3, 0.4) is 0 Å². The van der Waals surface area contributed by atoms with Gasteiger partial charge in [-0.2, -0.15) is 0 Å². The lowest BCUT2D eigenvalue weighted by Crippen LogP contribution is -2.57. The van der Waals surface area contributed by atoms with Crippen molar-refractivity contribution in [3.05, 3.63) is 96.1 Å². The zero-order valence-electron chi connectivity index (χ0n) is 18.9. The van der Waals surface area contributed by atoms with Crippen molar-refractivity contribution < 1.29 is 24.1 Å². The van der Waals surface area contributed by atoms with Crippen molar-refractivity contribution in [2.45, 2.75) is 54.9 Å². The second kappa shape index (κ2) is 11.7. The third-order valence-corrected chi connectivity index (χ3v) is 6.80. The molecule has 5 nitrogen and oxygen atoms in total. The van der Waals surface area contributed by atoms with Crippen molar-refractivity contribution in [3.63, 3.8) is 0 Å². The molecule has 3 aromatic carbocycles. The Balaban J connectivity index is 1.49. The Morgan fingerprint density at radius 3 is 2.00 bits per heavy atom. The molecule has 33 heavy (non-hydrogen) atoms. The van der Waals surface area contributed by atoms with E-state index >= 15 is 0 Å². The molecule has 1 saturated heterocycles. The number of hydrogen-bond acceptors (Lipinski definition) is 6. The third-order valence-electron chi connectivity index (χ3n) is 5.63. The molecule has 0 aliphatic carbocycles. The van der Waals surface area contributed by atoms with E-state index in [1.54, 1.807) is 7.11 Å². The maximum Gasteiger partial charge on any atom is 0.136 e. The van der Waals surface area contributed by atoms with Crippen LogP contribution in [0.2, 0.25) is 0 Å². The first kappa shape index (κ1) is 23.8. The summed E-state index contributed by atoms with van der Waals surface area (Å²) in [7, 11) is 1.64. The maximum atomic E-state index is 11.3. The van der Waals surface area contributed by atoms with Gasteiger partial charge in [-0.25, -0.2) is 0 Å². The quantitative estimate of drug-likeness (QED) is 0.476. The van der Waals surface area contributed by atoms with Gasteiger partial charge in [0, 0.05) is 4.90 Å². The van der Waals surface area contributed by atoms with Crippen LogP contribution < -0.4 is 4.74 Å². The SMILES string of the molecule is COc1ccc(CO[C@H]2[C@@H](O)[C@H](Sc3ccccc3)O[C@@H](C)[C@@H]2OCc2ccccc2)cc1. The van der Waals surface area contributed by atoms with E-state index in [1.165, 1.54) is 11.8 Å². The van der Waals surface area contributed by atoms with Crippen LogP contribution in [0, 0.1) is 0 Å². The number of aliphatic hydroxyl groups excluding tert-OH is 1. The molecule has 0 saturated carbocycles. The van der Waals surface area contributed by atoms with Gasteiger partial charge < -0.3 is 24.1 Å². The number of hydrogen-bond donors (Lipinski definition) is 1. The molecule has 1 N–H and O–H groups in total. The monoisotopic (exact) mass is 466 g/mol. The maximum absolute atomic E-state index is 11.3. The molecule has 0 radical (unpaired) electrons. The summed E-state index contributed by atoms with van der Waals surface area (Å²) in [4.78, 5) is 1.03. The second-order valence-corrected chi connectivity index (χ2v) is 9.19. The minimum absolute atomic E-state index is 0.251. The van der Waals surface area contributed by atoms with Gasteiger partial charge in [-0.05, 0) is 42.3 Å². The van der Waals surface area contributed by atoms with Crippen LogP contribution in [0.15, 0.2) is 89.8 Å². The minimum atomic E-state index is -0.856. The van der Waals surface area contributed by atoms with E-state index in [-0.39, 0.29) is 6.10 Å². The number of benzene rings is 3. The van der Waals surface area contributed by atoms with Gasteiger partial charge >= 0.3 is 0 Å². The number of thioether (sulfide) groups is 1. The third kappa shape index (κ3) is 6.37. The summed E-state index contributed by atoms with van der Waals surface area (Å²) in [5.41, 5.74) is 1.60. The molecule has 3 aromatic rings. The van der Waals surface area contributed by atoms with Gasteiger partial charge in [0.1, 0.15) is 29.5 Å². The predicted molar refractivity (Wildman–Crippen MR) is 129 cm³/mol. The van der Waals surface area contributed by atoms with Gasteiger partial charge in [0.25, 0.3) is 0 Å². The lowest BCUT2D eigenvalue weighted by molar-refractivity contribution is -0.229. The normalized spacial score (nSPS) is 25.0. The lowest BCUT2D eigenvalue weighted by atomic mass is 10.00. The van der Waals surface area contributed by atoms with E-state index in [1.807, 2.05) is 91.9 Å². The van der Waals surface area contributed by atoms with Crippen molar-refractivity contribution in [2.75, 3.05) is 7.11 Å². The fourth-order valence-corrected chi connectivity index (χ4v) is 4.93. The van der Waals surface area contributed by atoms with E-state index in [0.29, 0.717) is 13.2 Å². The van der Waals surface area contributed by atoms with Crippen LogP contribution in [0.4, 0.5) is 0 Å². The Hall–Kier alpha value is -2.35. The molecule has 5 atom stereocenters. The molecule has 0 aromatic heterocycles. The molecular formula is C27H30O5S. The van der Waals surface area contributed by atoms with Gasteiger partial charge in [0.05, 0.1) is 26.4 Å². The first-order chi connectivity index (χ1) is 16.1. The zero-order chi connectivity index (χ0) is 23.0. The molecule has 0 unspecified atom stereocenters. The highest BCUT2D eigenvalue weighted by atomic mass is 32.2. The van der Waals surface area contributed by atoms with Crippen LogP contribution in [-0.4, -0.2) is 42.1 Å². The van der Waals surface area contributed by atoms with Gasteiger partial charge in [0.15, 0.2) is 0 Å². The summed E-state index contributed by atoms with van der Waals surface area (Å²) in [5, 5.41) is 11.3. The molecule has 0 amide bonds. The fourth-order valence-electron chi connectivity index (χ4n) is 3.82. The Labute approximate surface area is 199 Å². The highest BCUT2D eigenvalue weighted by Crippen LogP contribution is 2.36. The Bertz CT molecular complexity index is 967. The summed E-state index contributed by atoms with van der Waals surface area (Å²) in [5.74, 6) is 0.793. The number of methoxy groups -OCH3 is 1. The van der Waals surface area contributed by atoms with Gasteiger partial charge in [-0.15, -0.1) is 0 Å². The highest BCUT2D eigenvalue weighted by Gasteiger charge is 2.45. The molecule has 0 bridgehead atoms. The predicted octanol–water partition coefficient (Wildman–Crippen LogP) is 5.06. The molecule has 174 valence electrons. The molecule has 1 fully saturated rings. The summed E-state index contributed by atoms with van der Waals surface area (Å²) in [6.45, 7) is 2.75. The fraction of sp³-hybridized carbons (Fsp3) is 0.333. The van der Waals surface area contributed by atoms with Crippen molar-refractivity contribution in [2.24, 2.45) is 0 Å². The minimum Gasteiger partial charge on any atom is -0.497 e. The van der Waals surface area contributed by atoms with E-state index in [4.69, 9.17) is 18.9 Å². The average molecular weight is 467 g/mol. The standard InChI is InChI=1S/C27H30O5S/c1-19-25(30-17-20-9-5-3-6-10-20)26(31-18-21-13-15-22(29-2)16-14-21)24(28)27(32-19)33-23-11-7-4-8-12-23/h3-16,19,24-28H,17-18H2,1-2H3/t19-,24+,25-,26-,27-/m0/s1. The van der Waals surface area contributed by atoms with Crippen molar-refractivity contribution >= 4 is 11.8 Å². The van der Waals surface area contributed by atoms with Crippen LogP contribution in [0.5, 0.6) is 5.75 Å². The van der Waals surface area contributed by atoms with Crippen LogP contribution in [-0.2, 0) is 27.4 Å². The van der Waals surface area contributed by atoms with Crippen molar-refractivity contribution in [3.8, 4) is 5.75 Å². The Kier molecular flexibility index (Phi) is 8.42. The molecular weight excluding hydrogens is 436 g/mol. The van der Waals surface area contributed by atoms with Crippen LogP contribution >= 0.6 is 11.8 Å². The molecule has 1 aliphatic rings. The lowest BCUT2D eigenvalue weighted by Gasteiger charge is -2.43. The Morgan fingerprint density at radius 2 is 1.36 bits per heavy atom. The largest absolute Gasteiger partial charge is 0.497 e. The smallest absolute Gasteiger partial charge is 0.136 e.